The zero-order valence-electron chi connectivity index (χ0n) is 10.8. The number of hydrogen-bond acceptors (Lipinski definition) is 4. The van der Waals surface area contributed by atoms with E-state index in [9.17, 15) is 9.90 Å². The molecule has 0 amide bonds. The van der Waals surface area contributed by atoms with E-state index in [2.05, 4.69) is 22.6 Å². The van der Waals surface area contributed by atoms with Crippen molar-refractivity contribution in [3.05, 3.63) is 10.2 Å². The molecule has 0 aromatic heterocycles. The Morgan fingerprint density at radius 2 is 2.16 bits per heavy atom. The van der Waals surface area contributed by atoms with Crippen LogP contribution in [-0.2, 0) is 14.3 Å². The Kier molecular flexibility index (Phi) is 3.99. The van der Waals surface area contributed by atoms with Crippen LogP contribution in [0, 0.1) is 5.92 Å². The molecule has 0 radical (unpaired) electrons. The number of epoxide rings is 1. The van der Waals surface area contributed by atoms with Crippen LogP contribution >= 0.6 is 22.6 Å². The fraction of sp³-hybridized carbons (Fsp3) is 0.786. The van der Waals surface area contributed by atoms with Crippen molar-refractivity contribution in [2.24, 2.45) is 5.92 Å². The monoisotopic (exact) mass is 378 g/mol. The summed E-state index contributed by atoms with van der Waals surface area (Å²) in [5, 5.41) is 10.2. The van der Waals surface area contributed by atoms with Crippen LogP contribution in [0.15, 0.2) is 10.2 Å². The average molecular weight is 378 g/mol. The molecule has 2 heterocycles. The summed E-state index contributed by atoms with van der Waals surface area (Å²) in [6.45, 7) is 0.580. The van der Waals surface area contributed by atoms with Gasteiger partial charge in [0.2, 0.25) is 0 Å². The van der Waals surface area contributed by atoms with Gasteiger partial charge in [-0.15, -0.1) is 0 Å². The minimum Gasteiger partial charge on any atom is -0.387 e. The molecule has 5 heteroatoms. The summed E-state index contributed by atoms with van der Waals surface area (Å²) in [6, 6.07) is 0. The van der Waals surface area contributed by atoms with Crippen LogP contribution in [0.4, 0.5) is 0 Å². The fourth-order valence-electron chi connectivity index (χ4n) is 2.86. The number of aliphatic hydroxyl groups excluding tert-OH is 1. The maximum atomic E-state index is 11.9. The molecule has 3 aliphatic rings. The van der Waals surface area contributed by atoms with E-state index in [1.165, 1.54) is 12.8 Å². The summed E-state index contributed by atoms with van der Waals surface area (Å²) in [5.74, 6) is 0.912. The summed E-state index contributed by atoms with van der Waals surface area (Å²) >= 11 is 2.11. The van der Waals surface area contributed by atoms with Crippen LogP contribution in [0.1, 0.15) is 32.1 Å². The third-order valence-electron chi connectivity index (χ3n) is 4.22. The van der Waals surface area contributed by atoms with Crippen molar-refractivity contribution >= 4 is 28.4 Å². The zero-order chi connectivity index (χ0) is 13.5. The first kappa shape index (κ1) is 14.0. The second kappa shape index (κ2) is 5.42. The number of carbonyl (C=O) groups excluding carboxylic acids is 1. The van der Waals surface area contributed by atoms with Gasteiger partial charge in [0.05, 0.1) is 12.7 Å². The molecule has 1 spiro atoms. The number of rotatable bonds is 5. The molecule has 3 fully saturated rings. The van der Waals surface area contributed by atoms with Gasteiger partial charge in [0.1, 0.15) is 23.6 Å². The minimum atomic E-state index is -0.617. The molecule has 106 valence electrons. The zero-order valence-corrected chi connectivity index (χ0v) is 12.9. The van der Waals surface area contributed by atoms with E-state index < -0.39 is 11.7 Å². The molecule has 1 aliphatic carbocycles. The molecular weight excluding hydrogens is 359 g/mol. The summed E-state index contributed by atoms with van der Waals surface area (Å²) in [6.07, 6.45) is 4.94. The van der Waals surface area contributed by atoms with Crippen molar-refractivity contribution in [2.45, 2.75) is 56.0 Å². The largest absolute Gasteiger partial charge is 0.387 e. The van der Waals surface area contributed by atoms with E-state index in [-0.39, 0.29) is 18.0 Å². The molecule has 0 bridgehead atoms. The Hall–Kier alpha value is 0.0200. The molecule has 4 atom stereocenters. The highest BCUT2D eigenvalue weighted by Crippen LogP contribution is 2.43. The average Bonchev–Trinajstić information content (AvgIpc) is 3.24. The maximum Gasteiger partial charge on any atom is 0.135 e. The van der Waals surface area contributed by atoms with Crippen molar-refractivity contribution < 1.29 is 19.4 Å². The molecule has 1 N–H and O–H groups in total. The number of ketones is 1. The van der Waals surface area contributed by atoms with Gasteiger partial charge in [-0.25, -0.2) is 0 Å². The lowest BCUT2D eigenvalue weighted by Gasteiger charge is -2.36. The number of halogens is 1. The second-order valence-electron chi connectivity index (χ2n) is 5.93. The van der Waals surface area contributed by atoms with E-state index in [0.717, 1.165) is 0 Å². The molecule has 2 aliphatic heterocycles. The number of aliphatic hydroxyl groups is 1. The van der Waals surface area contributed by atoms with Gasteiger partial charge in [-0.2, -0.15) is 0 Å². The maximum absolute atomic E-state index is 11.9. The van der Waals surface area contributed by atoms with E-state index >= 15 is 0 Å². The highest BCUT2D eigenvalue weighted by atomic mass is 127. The lowest BCUT2D eigenvalue weighted by Crippen LogP contribution is -2.50. The Labute approximate surface area is 126 Å². The minimum absolute atomic E-state index is 0.116. The van der Waals surface area contributed by atoms with Gasteiger partial charge in [-0.3, -0.25) is 4.79 Å². The van der Waals surface area contributed by atoms with Crippen LogP contribution in [0.2, 0.25) is 0 Å². The van der Waals surface area contributed by atoms with Gasteiger partial charge in [0.25, 0.3) is 0 Å². The third kappa shape index (κ3) is 3.20. The number of carbonyl (C=O) groups is 1. The molecule has 4 nitrogen and oxygen atoms in total. The highest BCUT2D eigenvalue weighted by molar-refractivity contribution is 14.1. The first-order valence-electron chi connectivity index (χ1n) is 6.89. The standard InChI is InChI=1S/C14H19IO4/c15-4-3-12-13(17)14(8-18-14)7-11(19-12)6-10(16)5-9-1-2-9/h3-4,9,11-13,17H,1-2,5-8H2/b4-3+/t11-,12-,13-,14-/m1/s1. The van der Waals surface area contributed by atoms with Gasteiger partial charge in [0, 0.05) is 19.3 Å². The fourth-order valence-corrected chi connectivity index (χ4v) is 3.26. The molecule has 0 aromatic carbocycles. The van der Waals surface area contributed by atoms with Crippen LogP contribution in [-0.4, -0.2) is 41.4 Å². The van der Waals surface area contributed by atoms with Gasteiger partial charge < -0.3 is 14.6 Å². The van der Waals surface area contributed by atoms with Gasteiger partial charge in [-0.1, -0.05) is 22.6 Å². The first-order chi connectivity index (χ1) is 9.13. The Morgan fingerprint density at radius 3 is 2.74 bits per heavy atom. The van der Waals surface area contributed by atoms with E-state index in [4.69, 9.17) is 9.47 Å². The lowest BCUT2D eigenvalue weighted by atomic mass is 9.87. The topological polar surface area (TPSA) is 59.1 Å². The third-order valence-corrected chi connectivity index (χ3v) is 4.63. The molecular formula is C14H19IO4. The number of hydrogen-bond donors (Lipinski definition) is 1. The van der Waals surface area contributed by atoms with Crippen molar-refractivity contribution in [3.8, 4) is 0 Å². The molecule has 0 aromatic rings. The van der Waals surface area contributed by atoms with Gasteiger partial charge in [0.15, 0.2) is 0 Å². The molecule has 3 rings (SSSR count). The molecule has 1 saturated carbocycles. The van der Waals surface area contributed by atoms with Crippen LogP contribution < -0.4 is 0 Å². The first-order valence-corrected chi connectivity index (χ1v) is 8.13. The molecule has 2 saturated heterocycles. The lowest BCUT2D eigenvalue weighted by molar-refractivity contribution is -0.144. The highest BCUT2D eigenvalue weighted by Gasteiger charge is 2.58. The predicted molar refractivity (Wildman–Crippen MR) is 78.1 cm³/mol. The Morgan fingerprint density at radius 1 is 1.42 bits per heavy atom. The Bertz CT molecular complexity index is 387. The number of ether oxygens (including phenoxy) is 2. The molecule has 0 unspecified atom stereocenters. The normalized spacial score (nSPS) is 41.9. The van der Waals surface area contributed by atoms with Gasteiger partial charge in [-0.05, 0) is 28.9 Å². The van der Waals surface area contributed by atoms with Gasteiger partial charge >= 0.3 is 0 Å². The van der Waals surface area contributed by atoms with Crippen molar-refractivity contribution in [3.63, 3.8) is 0 Å². The smallest absolute Gasteiger partial charge is 0.135 e. The van der Waals surface area contributed by atoms with E-state index in [0.29, 0.717) is 31.8 Å². The van der Waals surface area contributed by atoms with E-state index in [1.807, 2.05) is 10.2 Å². The predicted octanol–water partition coefficient (Wildman–Crippen LogP) is 1.98. The van der Waals surface area contributed by atoms with Crippen molar-refractivity contribution in [1.82, 2.24) is 0 Å². The molecule has 19 heavy (non-hydrogen) atoms. The Balaban J connectivity index is 1.60. The summed E-state index contributed by atoms with van der Waals surface area (Å²) < 4.78 is 13.1. The van der Waals surface area contributed by atoms with Crippen LogP contribution in [0.25, 0.3) is 0 Å². The second-order valence-corrected chi connectivity index (χ2v) is 6.65. The van der Waals surface area contributed by atoms with Crippen LogP contribution in [0.5, 0.6) is 0 Å². The van der Waals surface area contributed by atoms with E-state index in [1.54, 1.807) is 0 Å². The summed E-state index contributed by atoms with van der Waals surface area (Å²) in [5.41, 5.74) is -0.455. The summed E-state index contributed by atoms with van der Waals surface area (Å²) in [7, 11) is 0. The SMILES string of the molecule is O=C(CC1CC1)C[C@@H]1C[C@@]2(CO2)[C@H](O)[C@@H](/C=C/I)O1. The van der Waals surface area contributed by atoms with Crippen LogP contribution in [0.3, 0.4) is 0 Å². The van der Waals surface area contributed by atoms with Crippen molar-refractivity contribution in [2.75, 3.05) is 6.61 Å². The summed E-state index contributed by atoms with van der Waals surface area (Å²) in [4.78, 5) is 11.9. The number of Topliss-reactive ketones (excluding diaryl/α,β-unsaturated/α-hetero) is 1. The quantitative estimate of drug-likeness (QED) is 0.587. The van der Waals surface area contributed by atoms with Crippen molar-refractivity contribution in [1.29, 1.82) is 0 Å².